The Kier molecular flexibility index (Phi) is 27.8. The van der Waals surface area contributed by atoms with Gasteiger partial charge in [-0.3, -0.25) is 24.1 Å². The van der Waals surface area contributed by atoms with Crippen LogP contribution in [0.1, 0.15) is 126 Å². The number of carbonyl (C=O) groups excluding carboxylic acids is 4. The van der Waals surface area contributed by atoms with Crippen LogP contribution in [0.4, 0.5) is 46.9 Å². The second-order valence-electron chi connectivity index (χ2n) is 27.1. The highest BCUT2D eigenvalue weighted by Crippen LogP contribution is 2.49. The van der Waals surface area contributed by atoms with E-state index < -0.39 is 64.6 Å². The first-order valence-corrected chi connectivity index (χ1v) is 34.4. The molecule has 0 radical (unpaired) electrons. The van der Waals surface area contributed by atoms with E-state index in [1.54, 1.807) is 16.8 Å². The summed E-state index contributed by atoms with van der Waals surface area (Å²) in [5, 5.41) is 13.8. The molecule has 2 N–H and O–H groups in total. The molecule has 3 heterocycles. The van der Waals surface area contributed by atoms with E-state index in [9.17, 15) is 59.8 Å². The number of carbonyl (C=O) groups is 5. The second kappa shape index (κ2) is 35.3. The Morgan fingerprint density at radius 3 is 1.93 bits per heavy atom. The van der Waals surface area contributed by atoms with Gasteiger partial charge in [-0.2, -0.15) is 26.3 Å². The first-order chi connectivity index (χ1) is 47.5. The highest BCUT2D eigenvalue weighted by molar-refractivity contribution is 5.96. The SMILES string of the molecule is CN(CCN1CCC(N(C(=O)O)c2ccccc2-c2ccccc2)CC1)C(=O)CCCCCNc1ccc(C(=O)N(CCCN(C)C(=O)CO[C@H]2Cc3ccccc3C23CCN(CC[C@@]2(c4ccc(F)cc4)CN(C(=O)c4cc(C(F)(F)F)cc(C(F)(F)F)c4)CO2)CC3)C2CC2)cc1.Cl.Cl.Cl. The largest absolute Gasteiger partial charge is 0.465 e. The summed E-state index contributed by atoms with van der Waals surface area (Å²) in [5.41, 5.74) is 1.17. The van der Waals surface area contributed by atoms with Gasteiger partial charge in [0.15, 0.2) is 0 Å². The van der Waals surface area contributed by atoms with Gasteiger partial charge < -0.3 is 49.3 Å². The van der Waals surface area contributed by atoms with Crippen molar-refractivity contribution >= 4 is 78.3 Å². The third kappa shape index (κ3) is 19.5. The summed E-state index contributed by atoms with van der Waals surface area (Å²) in [6, 6.07) is 39.4. The number of piperidine rings is 2. The van der Waals surface area contributed by atoms with Gasteiger partial charge in [0, 0.05) is 113 Å². The van der Waals surface area contributed by atoms with Gasteiger partial charge in [0.25, 0.3) is 11.8 Å². The number of hydrogen-bond donors (Lipinski definition) is 2. The van der Waals surface area contributed by atoms with Crippen LogP contribution in [-0.2, 0) is 48.9 Å². The van der Waals surface area contributed by atoms with Crippen molar-refractivity contribution in [2.75, 3.05) is 110 Å². The van der Waals surface area contributed by atoms with Crippen LogP contribution >= 0.6 is 37.2 Å². The number of hydrogen-bond acceptors (Lipinski definition) is 10. The number of rotatable bonds is 27. The molecule has 26 heteroatoms. The fraction of sp³-hybridized carbons (Fsp3) is 0.461. The van der Waals surface area contributed by atoms with Crippen LogP contribution in [0.5, 0.6) is 0 Å². The molecule has 2 atom stereocenters. The summed E-state index contributed by atoms with van der Waals surface area (Å²) >= 11 is 0. The number of anilines is 2. The molecule has 2 aliphatic carbocycles. The molecule has 11 rings (SSSR count). The predicted octanol–water partition coefficient (Wildman–Crippen LogP) is 14.7. The number of nitrogens with zero attached hydrogens (tertiary/aromatic N) is 7. The minimum Gasteiger partial charge on any atom is -0.465 e. The van der Waals surface area contributed by atoms with E-state index >= 15 is 0 Å². The molecule has 5 amide bonds. The van der Waals surface area contributed by atoms with Crippen LogP contribution in [0.25, 0.3) is 11.1 Å². The van der Waals surface area contributed by atoms with E-state index in [4.69, 9.17) is 9.47 Å². The summed E-state index contributed by atoms with van der Waals surface area (Å²) in [4.78, 5) is 79.8. The fourth-order valence-electron chi connectivity index (χ4n) is 14.7. The van der Waals surface area contributed by atoms with Crippen LogP contribution in [-0.4, -0.2) is 182 Å². The van der Waals surface area contributed by atoms with Crippen LogP contribution in [0.3, 0.4) is 0 Å². The number of ether oxygens (including phenoxy) is 2. The number of halogens is 10. The number of nitrogens with one attached hydrogen (secondary N) is 1. The molecule has 102 heavy (non-hydrogen) atoms. The van der Waals surface area contributed by atoms with Crippen molar-refractivity contribution in [1.29, 1.82) is 0 Å². The molecule has 3 aliphatic heterocycles. The zero-order valence-electron chi connectivity index (χ0n) is 57.3. The number of unbranched alkanes of at least 4 members (excludes halogenated alkanes) is 2. The summed E-state index contributed by atoms with van der Waals surface area (Å²) < 4.78 is 110. The summed E-state index contributed by atoms with van der Waals surface area (Å²) in [7, 11) is 3.59. The zero-order chi connectivity index (χ0) is 70.1. The van der Waals surface area contributed by atoms with Crippen molar-refractivity contribution in [3.63, 3.8) is 0 Å². The van der Waals surface area contributed by atoms with Crippen LogP contribution in [0, 0.1) is 5.82 Å². The van der Waals surface area contributed by atoms with Crippen molar-refractivity contribution < 1.29 is 69.3 Å². The lowest BCUT2D eigenvalue weighted by Gasteiger charge is -2.44. The predicted molar refractivity (Wildman–Crippen MR) is 384 cm³/mol. The first-order valence-electron chi connectivity index (χ1n) is 34.4. The summed E-state index contributed by atoms with van der Waals surface area (Å²) in [6.45, 7) is 5.30. The molecule has 4 fully saturated rings. The molecular weight excluding hydrogens is 1390 g/mol. The Morgan fingerprint density at radius 2 is 1.27 bits per heavy atom. The molecule has 5 aliphatic rings. The van der Waals surface area contributed by atoms with Crippen molar-refractivity contribution in [1.82, 2.24) is 29.4 Å². The number of para-hydroxylation sites is 1. The average molecular weight is 1480 g/mol. The van der Waals surface area contributed by atoms with E-state index in [0.717, 1.165) is 79.0 Å². The number of likely N-dealkylation sites (tertiary alicyclic amines) is 2. The van der Waals surface area contributed by atoms with Gasteiger partial charge in [-0.25, -0.2) is 9.18 Å². The van der Waals surface area contributed by atoms with Gasteiger partial charge in [-0.05, 0) is 167 Å². The lowest BCUT2D eigenvalue weighted by atomic mass is 9.72. The van der Waals surface area contributed by atoms with Gasteiger partial charge in [-0.1, -0.05) is 91.3 Å². The molecular formula is C76H90Cl3F7N8O8. The average Bonchev–Trinajstić information content (AvgIpc) is 1.57. The Morgan fingerprint density at radius 1 is 0.647 bits per heavy atom. The minimum atomic E-state index is -5.15. The highest BCUT2D eigenvalue weighted by atomic mass is 35.5. The lowest BCUT2D eigenvalue weighted by Crippen LogP contribution is -2.50. The van der Waals surface area contributed by atoms with E-state index in [1.807, 2.05) is 103 Å². The van der Waals surface area contributed by atoms with Gasteiger partial charge in [0.1, 0.15) is 24.8 Å². The molecule has 6 aromatic rings. The maximum atomic E-state index is 14.3. The molecule has 16 nitrogen and oxygen atoms in total. The van der Waals surface area contributed by atoms with E-state index in [-0.39, 0.29) is 98.8 Å². The number of carboxylic acid groups (broad SMARTS) is 1. The number of fused-ring (bicyclic) bond motifs is 2. The maximum Gasteiger partial charge on any atom is 0.416 e. The normalized spacial score (nSPS) is 18.3. The third-order valence-electron chi connectivity index (χ3n) is 20.6. The number of alkyl halides is 6. The Balaban J connectivity index is 0.00000440. The van der Waals surface area contributed by atoms with Gasteiger partial charge in [0.2, 0.25) is 11.8 Å². The van der Waals surface area contributed by atoms with Gasteiger partial charge in [-0.15, -0.1) is 37.2 Å². The Bertz CT molecular complexity index is 3760. The lowest BCUT2D eigenvalue weighted by molar-refractivity contribution is -0.143. The standard InChI is InChI=1S/C76H87F7N8O8.3ClH/c1-85(37-13-38-90(62-29-30-62)71(95)54-21-27-61(28-22-54)84-36-12-4-7-20-68(92)86(2)44-45-87-39-31-63(32-40-87)91(72(96)97)66-19-11-9-17-64(66)53-14-5-3-6-15-53)69(93)50-98-67-48-55-16-8-10-18-65(55)73(67)33-41-88(42-34-73)43-35-74(57-23-25-60(77)26-24-57)51-89(52-99-74)70(94)56-46-58(75(78,79)80)49-59(47-56)76(81,82)83;;;/h3,5-6,8-11,14-19,21-28,46-47,49,62-63,67,84H,4,7,12-13,20,29-45,48,50-52H2,1-2H3,(H,96,97);3*1H/t67-,74-;;;/m0.../s1. The molecule has 3 saturated heterocycles. The molecule has 0 bridgehead atoms. The summed E-state index contributed by atoms with van der Waals surface area (Å²) in [6.07, 6.45) is -2.54. The Hall–Kier alpha value is -7.51. The maximum absolute atomic E-state index is 14.3. The van der Waals surface area contributed by atoms with Crippen LogP contribution in [0.2, 0.25) is 0 Å². The van der Waals surface area contributed by atoms with Crippen LogP contribution in [0.15, 0.2) is 146 Å². The number of likely N-dealkylation sites (N-methyl/N-ethyl adjacent to an activating group) is 2. The molecule has 0 aromatic heterocycles. The summed E-state index contributed by atoms with van der Waals surface area (Å²) in [5.74, 6) is -1.73. The quantitative estimate of drug-likeness (QED) is 0.0373. The molecule has 1 spiro atoms. The van der Waals surface area contributed by atoms with Gasteiger partial charge >= 0.3 is 18.4 Å². The number of amides is 5. The van der Waals surface area contributed by atoms with Crippen molar-refractivity contribution in [3.8, 4) is 11.1 Å². The van der Waals surface area contributed by atoms with Crippen molar-refractivity contribution in [2.45, 2.75) is 125 Å². The third-order valence-corrected chi connectivity index (χ3v) is 20.6. The van der Waals surface area contributed by atoms with E-state index in [2.05, 4.69) is 27.2 Å². The van der Waals surface area contributed by atoms with E-state index in [0.29, 0.717) is 120 Å². The Labute approximate surface area is 610 Å². The molecule has 1 saturated carbocycles. The minimum absolute atomic E-state index is 0. The molecule has 6 aromatic carbocycles. The topological polar surface area (TPSA) is 159 Å². The number of benzene rings is 6. The smallest absolute Gasteiger partial charge is 0.416 e. The van der Waals surface area contributed by atoms with Crippen molar-refractivity contribution in [3.05, 3.63) is 190 Å². The van der Waals surface area contributed by atoms with Gasteiger partial charge in [0.05, 0.1) is 29.5 Å². The van der Waals surface area contributed by atoms with Crippen LogP contribution < -0.4 is 10.2 Å². The van der Waals surface area contributed by atoms with E-state index in [1.165, 1.54) is 34.7 Å². The monoisotopic (exact) mass is 1480 g/mol. The molecule has 0 unspecified atom stereocenters. The zero-order valence-corrected chi connectivity index (χ0v) is 59.7. The fourth-order valence-corrected chi connectivity index (χ4v) is 14.7. The first kappa shape index (κ1) is 80.2. The highest BCUT2D eigenvalue weighted by Gasteiger charge is 2.51. The van der Waals surface area contributed by atoms with Crippen molar-refractivity contribution in [2.24, 2.45) is 0 Å². The molecule has 552 valence electrons. The second-order valence-corrected chi connectivity index (χ2v) is 27.1.